The summed E-state index contributed by atoms with van der Waals surface area (Å²) in [7, 11) is 0. The van der Waals surface area contributed by atoms with Crippen molar-refractivity contribution in [1.29, 1.82) is 0 Å². The van der Waals surface area contributed by atoms with Crippen molar-refractivity contribution in [2.45, 2.75) is 40.3 Å². The van der Waals surface area contributed by atoms with E-state index < -0.39 is 11.9 Å². The number of ether oxygens (including phenoxy) is 1. The van der Waals surface area contributed by atoms with Crippen LogP contribution in [0.4, 0.5) is 5.95 Å². The lowest BCUT2D eigenvalue weighted by atomic mass is 9.95. The number of nitrogens with zero attached hydrogens (tertiary/aromatic N) is 3. The minimum Gasteiger partial charge on any atom is -0.489 e. The first-order chi connectivity index (χ1) is 14.3. The lowest BCUT2D eigenvalue weighted by Gasteiger charge is -2.27. The van der Waals surface area contributed by atoms with E-state index in [1.165, 1.54) is 28.6 Å². The number of amides is 1. The number of carbonyl (C=O) groups is 1. The van der Waals surface area contributed by atoms with E-state index in [1.54, 1.807) is 4.68 Å². The van der Waals surface area contributed by atoms with E-state index in [1.807, 2.05) is 31.2 Å². The molecule has 0 aliphatic carbocycles. The zero-order valence-electron chi connectivity index (χ0n) is 17.6. The van der Waals surface area contributed by atoms with Gasteiger partial charge in [-0.15, -0.1) is 0 Å². The summed E-state index contributed by atoms with van der Waals surface area (Å²) in [5.74, 6) is 0.843. The van der Waals surface area contributed by atoms with Gasteiger partial charge in [-0.25, -0.2) is 4.68 Å². The van der Waals surface area contributed by atoms with E-state index in [0.717, 1.165) is 11.3 Å². The van der Waals surface area contributed by atoms with E-state index in [0.29, 0.717) is 23.8 Å². The SMILES string of the molecule is CC1=C(C(N)=O)C(c2ccc(OCc3cc(C)c(C)cc3C)cc2)n2ncnc2N1. The summed E-state index contributed by atoms with van der Waals surface area (Å²) in [4.78, 5) is 16.3. The summed E-state index contributed by atoms with van der Waals surface area (Å²) in [6.45, 7) is 8.63. The van der Waals surface area contributed by atoms with E-state index >= 15 is 0 Å². The van der Waals surface area contributed by atoms with Gasteiger partial charge in [-0.1, -0.05) is 24.3 Å². The number of anilines is 1. The van der Waals surface area contributed by atoms with Crippen LogP contribution in [-0.2, 0) is 11.4 Å². The molecule has 7 heteroatoms. The third kappa shape index (κ3) is 3.54. The molecule has 1 aliphatic heterocycles. The molecule has 1 aliphatic rings. The number of carbonyl (C=O) groups excluding carboxylic acids is 1. The molecule has 1 atom stereocenters. The molecule has 2 heterocycles. The van der Waals surface area contributed by atoms with E-state index in [2.05, 4.69) is 48.3 Å². The summed E-state index contributed by atoms with van der Waals surface area (Å²) >= 11 is 0. The molecule has 30 heavy (non-hydrogen) atoms. The molecule has 3 N–H and O–H groups in total. The molecule has 3 aromatic rings. The Morgan fingerprint density at radius 3 is 2.50 bits per heavy atom. The Kier molecular flexibility index (Phi) is 5.03. The Morgan fingerprint density at radius 2 is 1.80 bits per heavy atom. The standard InChI is InChI=1S/C23H25N5O2/c1-13-9-15(3)18(10-14(13)2)11-30-19-7-5-17(6-8-19)21-20(22(24)29)16(4)27-23-25-12-26-28(21)23/h5-10,12,21H,11H2,1-4H3,(H2,24,29)(H,25,26,27). The number of rotatable bonds is 5. The number of nitrogens with two attached hydrogens (primary N) is 1. The van der Waals surface area contributed by atoms with Crippen molar-refractivity contribution in [2.75, 3.05) is 5.32 Å². The molecule has 7 nitrogen and oxygen atoms in total. The highest BCUT2D eigenvalue weighted by atomic mass is 16.5. The van der Waals surface area contributed by atoms with Crippen LogP contribution in [0, 0.1) is 20.8 Å². The lowest BCUT2D eigenvalue weighted by molar-refractivity contribution is -0.115. The highest BCUT2D eigenvalue weighted by Crippen LogP contribution is 2.34. The molecule has 0 saturated heterocycles. The molecule has 0 fully saturated rings. The highest BCUT2D eigenvalue weighted by Gasteiger charge is 2.32. The number of primary amides is 1. The van der Waals surface area contributed by atoms with Crippen LogP contribution in [0.3, 0.4) is 0 Å². The molecular formula is C23H25N5O2. The zero-order valence-corrected chi connectivity index (χ0v) is 17.6. The predicted octanol–water partition coefficient (Wildman–Crippen LogP) is 3.56. The largest absolute Gasteiger partial charge is 0.489 e. The van der Waals surface area contributed by atoms with Crippen molar-refractivity contribution >= 4 is 11.9 Å². The van der Waals surface area contributed by atoms with Gasteiger partial charge in [0.2, 0.25) is 11.9 Å². The molecule has 0 spiro atoms. The van der Waals surface area contributed by atoms with E-state index in [9.17, 15) is 4.79 Å². The summed E-state index contributed by atoms with van der Waals surface area (Å²) in [5, 5.41) is 7.35. The number of aryl methyl sites for hydroxylation is 3. The van der Waals surface area contributed by atoms with E-state index in [4.69, 9.17) is 10.5 Å². The monoisotopic (exact) mass is 403 g/mol. The third-order valence-corrected chi connectivity index (χ3v) is 5.60. The Balaban J connectivity index is 1.58. The van der Waals surface area contributed by atoms with Gasteiger partial charge in [-0.3, -0.25) is 4.79 Å². The van der Waals surface area contributed by atoms with Crippen molar-refractivity contribution in [2.24, 2.45) is 5.73 Å². The van der Waals surface area contributed by atoms with E-state index in [-0.39, 0.29) is 0 Å². The van der Waals surface area contributed by atoms with Gasteiger partial charge in [-0.05, 0) is 67.6 Å². The Bertz CT molecular complexity index is 1140. The maximum absolute atomic E-state index is 12.1. The van der Waals surface area contributed by atoms with Crippen LogP contribution in [0.15, 0.2) is 54.0 Å². The Morgan fingerprint density at radius 1 is 1.10 bits per heavy atom. The molecule has 2 aromatic carbocycles. The number of hydrogen-bond acceptors (Lipinski definition) is 5. The summed E-state index contributed by atoms with van der Waals surface area (Å²) in [6.07, 6.45) is 1.45. The quantitative estimate of drug-likeness (QED) is 0.679. The highest BCUT2D eigenvalue weighted by molar-refractivity contribution is 5.95. The Hall–Kier alpha value is -3.61. The maximum atomic E-state index is 12.1. The molecule has 1 aromatic heterocycles. The Labute approximate surface area is 175 Å². The average molecular weight is 403 g/mol. The first-order valence-electron chi connectivity index (χ1n) is 9.81. The second-order valence-corrected chi connectivity index (χ2v) is 7.68. The predicted molar refractivity (Wildman–Crippen MR) is 115 cm³/mol. The van der Waals surface area contributed by atoms with Crippen LogP contribution in [0.2, 0.25) is 0 Å². The van der Waals surface area contributed by atoms with Gasteiger partial charge in [0.15, 0.2) is 0 Å². The fourth-order valence-corrected chi connectivity index (χ4v) is 3.80. The third-order valence-electron chi connectivity index (χ3n) is 5.60. The molecule has 0 radical (unpaired) electrons. The van der Waals surface area contributed by atoms with Crippen LogP contribution in [0.1, 0.15) is 40.8 Å². The molecule has 0 bridgehead atoms. The summed E-state index contributed by atoms with van der Waals surface area (Å²) in [5.41, 5.74) is 12.6. The topological polar surface area (TPSA) is 95.1 Å². The van der Waals surface area contributed by atoms with Gasteiger partial charge in [0, 0.05) is 5.70 Å². The van der Waals surface area contributed by atoms with Crippen LogP contribution in [0.5, 0.6) is 5.75 Å². The molecule has 1 amide bonds. The van der Waals surface area contributed by atoms with Gasteiger partial charge in [0.25, 0.3) is 0 Å². The van der Waals surface area contributed by atoms with Crippen molar-refractivity contribution in [1.82, 2.24) is 14.8 Å². The van der Waals surface area contributed by atoms with Crippen LogP contribution < -0.4 is 15.8 Å². The molecule has 154 valence electrons. The van der Waals surface area contributed by atoms with Crippen molar-refractivity contribution < 1.29 is 9.53 Å². The number of allylic oxidation sites excluding steroid dienone is 1. The summed E-state index contributed by atoms with van der Waals surface area (Å²) < 4.78 is 7.68. The fourth-order valence-electron chi connectivity index (χ4n) is 3.80. The molecule has 1 unspecified atom stereocenters. The fraction of sp³-hybridized carbons (Fsp3) is 0.261. The van der Waals surface area contributed by atoms with Crippen LogP contribution >= 0.6 is 0 Å². The summed E-state index contributed by atoms with van der Waals surface area (Å²) in [6, 6.07) is 11.6. The van der Waals surface area contributed by atoms with Crippen molar-refractivity contribution in [3.05, 3.63) is 81.8 Å². The zero-order chi connectivity index (χ0) is 21.4. The first kappa shape index (κ1) is 19.7. The van der Waals surface area contributed by atoms with Gasteiger partial charge >= 0.3 is 0 Å². The van der Waals surface area contributed by atoms with Gasteiger partial charge < -0.3 is 15.8 Å². The molecular weight excluding hydrogens is 378 g/mol. The minimum atomic E-state index is -0.489. The van der Waals surface area contributed by atoms with Gasteiger partial charge in [-0.2, -0.15) is 10.1 Å². The molecule has 4 rings (SSSR count). The van der Waals surface area contributed by atoms with Crippen LogP contribution in [-0.4, -0.2) is 20.7 Å². The minimum absolute atomic E-state index is 0.433. The average Bonchev–Trinajstić information content (AvgIpc) is 3.17. The maximum Gasteiger partial charge on any atom is 0.248 e. The number of benzene rings is 2. The second kappa shape index (κ2) is 7.67. The van der Waals surface area contributed by atoms with Gasteiger partial charge in [0.05, 0.1) is 5.57 Å². The van der Waals surface area contributed by atoms with Crippen molar-refractivity contribution in [3.63, 3.8) is 0 Å². The molecule has 0 saturated carbocycles. The second-order valence-electron chi connectivity index (χ2n) is 7.68. The first-order valence-corrected chi connectivity index (χ1v) is 9.81. The lowest BCUT2D eigenvalue weighted by Crippen LogP contribution is -2.31. The van der Waals surface area contributed by atoms with Crippen LogP contribution in [0.25, 0.3) is 0 Å². The normalized spacial score (nSPS) is 15.5. The smallest absolute Gasteiger partial charge is 0.248 e. The number of hydrogen-bond donors (Lipinski definition) is 2. The number of fused-ring (bicyclic) bond motifs is 1. The van der Waals surface area contributed by atoms with Crippen molar-refractivity contribution in [3.8, 4) is 5.75 Å². The van der Waals surface area contributed by atoms with Gasteiger partial charge in [0.1, 0.15) is 24.7 Å². The number of aromatic nitrogens is 3. The number of nitrogens with one attached hydrogen (secondary N) is 1.